The number of esters is 1. The molecule has 2 aromatic carbocycles. The summed E-state index contributed by atoms with van der Waals surface area (Å²) in [6.45, 7) is 0. The summed E-state index contributed by atoms with van der Waals surface area (Å²) in [7, 11) is 1.36. The Kier molecular flexibility index (Phi) is 6.76. The molecular weight excluding hydrogens is 372 g/mol. The molecule has 1 atom stereocenters. The van der Waals surface area contributed by atoms with E-state index in [2.05, 4.69) is 17.9 Å². The number of fused-ring (bicyclic) bond motifs is 1. The third-order valence-corrected chi connectivity index (χ3v) is 4.92. The van der Waals surface area contributed by atoms with Crippen LogP contribution >= 0.6 is 12.6 Å². The second-order valence-corrected chi connectivity index (χ2v) is 6.99. The number of allylic oxidation sites excluding steroid dienone is 1. The Morgan fingerprint density at radius 3 is 2.57 bits per heavy atom. The van der Waals surface area contributed by atoms with Crippen molar-refractivity contribution in [1.29, 1.82) is 0 Å². The van der Waals surface area contributed by atoms with Crippen molar-refractivity contribution in [3.05, 3.63) is 77.6 Å². The lowest BCUT2D eigenvalue weighted by atomic mass is 10.0. The molecule has 1 N–H and O–H groups in total. The second kappa shape index (κ2) is 9.46. The van der Waals surface area contributed by atoms with Crippen molar-refractivity contribution < 1.29 is 14.3 Å². The van der Waals surface area contributed by atoms with Crippen LogP contribution in [0.3, 0.4) is 0 Å². The highest BCUT2D eigenvalue weighted by Crippen LogP contribution is 2.29. The first-order valence-corrected chi connectivity index (χ1v) is 9.87. The van der Waals surface area contributed by atoms with Crippen molar-refractivity contribution in [3.8, 4) is 0 Å². The summed E-state index contributed by atoms with van der Waals surface area (Å²) in [5.41, 5.74) is 2.84. The van der Waals surface area contributed by atoms with E-state index >= 15 is 0 Å². The Morgan fingerprint density at radius 1 is 1.14 bits per heavy atom. The molecule has 0 saturated heterocycles. The van der Waals surface area contributed by atoms with Crippen LogP contribution < -0.4 is 10.2 Å². The van der Waals surface area contributed by atoms with E-state index in [0.717, 1.165) is 16.8 Å². The average molecular weight is 397 g/mol. The van der Waals surface area contributed by atoms with Gasteiger partial charge in [0.2, 0.25) is 5.91 Å². The number of nitrogens with zero attached hydrogens (tertiary/aromatic N) is 1. The van der Waals surface area contributed by atoms with E-state index in [1.54, 1.807) is 4.90 Å². The third-order valence-electron chi connectivity index (χ3n) is 4.66. The van der Waals surface area contributed by atoms with Gasteiger partial charge in [0.1, 0.15) is 11.9 Å². The van der Waals surface area contributed by atoms with Crippen LogP contribution in [0, 0.1) is 0 Å². The number of ether oxygens (including phenoxy) is 1. The van der Waals surface area contributed by atoms with Crippen molar-refractivity contribution in [1.82, 2.24) is 5.32 Å². The van der Waals surface area contributed by atoms with E-state index in [1.807, 2.05) is 60.7 Å². The van der Waals surface area contributed by atoms with Gasteiger partial charge in [-0.15, -0.1) is 0 Å². The fourth-order valence-corrected chi connectivity index (χ4v) is 3.53. The number of amides is 1. The summed E-state index contributed by atoms with van der Waals surface area (Å²) in [6, 6.07) is 16.9. The fourth-order valence-electron chi connectivity index (χ4n) is 3.27. The molecule has 0 radical (unpaired) electrons. The quantitative estimate of drug-likeness (QED) is 0.558. The molecule has 0 unspecified atom stereocenters. The summed E-state index contributed by atoms with van der Waals surface area (Å²) in [6.07, 6.45) is 3.39. The van der Waals surface area contributed by atoms with Gasteiger partial charge in [-0.1, -0.05) is 48.5 Å². The molecule has 5 nitrogen and oxygen atoms in total. The fraction of sp³-hybridized carbons (Fsp3) is 0.273. The van der Waals surface area contributed by atoms with E-state index in [4.69, 9.17) is 4.74 Å². The van der Waals surface area contributed by atoms with Crippen LogP contribution in [0.4, 0.5) is 5.69 Å². The molecule has 6 heteroatoms. The Bertz CT molecular complexity index is 867. The first-order chi connectivity index (χ1) is 13.6. The first kappa shape index (κ1) is 20.0. The second-order valence-electron chi connectivity index (χ2n) is 6.55. The first-order valence-electron chi connectivity index (χ1n) is 9.24. The minimum atomic E-state index is -0.564. The number of anilines is 1. The number of nitrogens with one attached hydrogen (secondary N) is 1. The van der Waals surface area contributed by atoms with Crippen molar-refractivity contribution >= 4 is 30.2 Å². The van der Waals surface area contributed by atoms with E-state index in [-0.39, 0.29) is 18.3 Å². The normalized spacial score (nSPS) is 13.9. The molecule has 0 aromatic heterocycles. The molecule has 2 aromatic rings. The van der Waals surface area contributed by atoms with Crippen LogP contribution in [0.2, 0.25) is 0 Å². The zero-order chi connectivity index (χ0) is 19.9. The lowest BCUT2D eigenvalue weighted by molar-refractivity contribution is -0.143. The molecule has 0 bridgehead atoms. The van der Waals surface area contributed by atoms with Gasteiger partial charge in [-0.25, -0.2) is 4.79 Å². The summed E-state index contributed by atoms with van der Waals surface area (Å²) in [5.74, 6) is 0.696. The maximum atomic E-state index is 13.2. The highest BCUT2D eigenvalue weighted by atomic mass is 32.1. The number of carbonyl (C=O) groups is 2. The van der Waals surface area contributed by atoms with Crippen LogP contribution in [0.15, 0.2) is 66.5 Å². The highest BCUT2D eigenvalue weighted by Gasteiger charge is 2.29. The molecule has 3 rings (SSSR count). The standard InChI is InChI=1S/C22H24N2O3S/c1-27-22(26)18(13-14-28)23-20-12-11-17-9-5-6-10-19(17)24(20)21(25)15-16-7-3-2-4-8-16/h2-10,12,18,23,28H,11,13-15H2,1H3/t18-/m0/s1. The van der Waals surface area contributed by atoms with E-state index < -0.39 is 6.04 Å². The largest absolute Gasteiger partial charge is 0.467 e. The molecule has 1 heterocycles. The minimum absolute atomic E-state index is 0.0633. The molecule has 28 heavy (non-hydrogen) atoms. The van der Waals surface area contributed by atoms with Gasteiger partial charge in [0.25, 0.3) is 0 Å². The number of hydrogen-bond donors (Lipinski definition) is 2. The van der Waals surface area contributed by atoms with Crippen LogP contribution in [0.25, 0.3) is 0 Å². The monoisotopic (exact) mass is 396 g/mol. The molecule has 1 aliphatic rings. The van der Waals surface area contributed by atoms with Crippen LogP contribution in [0.5, 0.6) is 0 Å². The lowest BCUT2D eigenvalue weighted by Crippen LogP contribution is -2.46. The molecule has 0 aliphatic carbocycles. The Balaban J connectivity index is 1.90. The minimum Gasteiger partial charge on any atom is -0.467 e. The number of thiol groups is 1. The van der Waals surface area contributed by atoms with Crippen LogP contribution in [-0.4, -0.2) is 30.8 Å². The van der Waals surface area contributed by atoms with E-state index in [9.17, 15) is 9.59 Å². The topological polar surface area (TPSA) is 58.6 Å². The Hall–Kier alpha value is -2.73. The predicted octanol–water partition coefficient (Wildman–Crippen LogP) is 3.11. The van der Waals surface area contributed by atoms with Crippen molar-refractivity contribution in [2.75, 3.05) is 17.8 Å². The van der Waals surface area contributed by atoms with Crippen molar-refractivity contribution in [2.24, 2.45) is 0 Å². The Morgan fingerprint density at radius 2 is 1.86 bits per heavy atom. The molecule has 146 valence electrons. The molecule has 1 aliphatic heterocycles. The number of rotatable bonds is 7. The SMILES string of the molecule is COC(=O)[C@H](CCS)NC1=CCc2ccccc2N1C(=O)Cc1ccccc1. The third kappa shape index (κ3) is 4.57. The number of hydrogen-bond acceptors (Lipinski definition) is 5. The molecule has 0 fully saturated rings. The van der Waals surface area contributed by atoms with Gasteiger partial charge in [0.05, 0.1) is 19.2 Å². The summed E-state index contributed by atoms with van der Waals surface area (Å²) < 4.78 is 4.90. The molecule has 0 spiro atoms. The van der Waals surface area contributed by atoms with Crippen LogP contribution in [-0.2, 0) is 27.2 Å². The number of para-hydroxylation sites is 1. The van der Waals surface area contributed by atoms with Gasteiger partial charge in [-0.05, 0) is 41.9 Å². The molecule has 1 amide bonds. The molecule has 0 saturated carbocycles. The van der Waals surface area contributed by atoms with Crippen LogP contribution in [0.1, 0.15) is 17.5 Å². The lowest BCUT2D eigenvalue weighted by Gasteiger charge is -2.33. The van der Waals surface area contributed by atoms with Gasteiger partial charge in [0.15, 0.2) is 0 Å². The highest BCUT2D eigenvalue weighted by molar-refractivity contribution is 7.80. The molecular formula is C22H24N2O3S. The van der Waals surface area contributed by atoms with Gasteiger partial charge in [-0.3, -0.25) is 9.69 Å². The van der Waals surface area contributed by atoms with E-state index in [1.165, 1.54) is 7.11 Å². The van der Waals surface area contributed by atoms with Crippen molar-refractivity contribution in [3.63, 3.8) is 0 Å². The zero-order valence-electron chi connectivity index (χ0n) is 15.8. The van der Waals surface area contributed by atoms with Gasteiger partial charge < -0.3 is 10.1 Å². The Labute approximate surface area is 170 Å². The maximum Gasteiger partial charge on any atom is 0.328 e. The van der Waals surface area contributed by atoms with Gasteiger partial charge in [0, 0.05) is 0 Å². The summed E-state index contributed by atoms with van der Waals surface area (Å²) in [4.78, 5) is 27.0. The predicted molar refractivity (Wildman–Crippen MR) is 113 cm³/mol. The average Bonchev–Trinajstić information content (AvgIpc) is 2.73. The maximum absolute atomic E-state index is 13.2. The van der Waals surface area contributed by atoms with E-state index in [0.29, 0.717) is 24.4 Å². The summed E-state index contributed by atoms with van der Waals surface area (Å²) in [5, 5.41) is 3.21. The van der Waals surface area contributed by atoms with Gasteiger partial charge in [-0.2, -0.15) is 12.6 Å². The number of carbonyl (C=O) groups excluding carboxylic acids is 2. The van der Waals surface area contributed by atoms with Crippen molar-refractivity contribution in [2.45, 2.75) is 25.3 Å². The zero-order valence-corrected chi connectivity index (χ0v) is 16.7. The number of benzene rings is 2. The summed E-state index contributed by atoms with van der Waals surface area (Å²) >= 11 is 4.24. The smallest absolute Gasteiger partial charge is 0.328 e. The van der Waals surface area contributed by atoms with Gasteiger partial charge >= 0.3 is 5.97 Å². The number of methoxy groups -OCH3 is 1.